The van der Waals surface area contributed by atoms with Gasteiger partial charge in [0.25, 0.3) is 0 Å². The molecule has 2 nitrogen and oxygen atoms in total. The number of nitrogens with zero attached hydrogens (tertiary/aromatic N) is 1. The van der Waals surface area contributed by atoms with Crippen LogP contribution in [0.3, 0.4) is 0 Å². The predicted molar refractivity (Wildman–Crippen MR) is 29.8 cm³/mol. The molecule has 0 aromatic carbocycles. The SMILES string of the molecule is C=C1CN1CCN. The number of nitrogens with two attached hydrogens (primary N) is 1. The van der Waals surface area contributed by atoms with Crippen molar-refractivity contribution in [3.63, 3.8) is 0 Å². The van der Waals surface area contributed by atoms with Gasteiger partial charge in [-0.1, -0.05) is 6.58 Å². The first kappa shape index (κ1) is 4.65. The molecule has 0 aliphatic carbocycles. The fraction of sp³-hybridized carbons (Fsp3) is 0.600. The van der Waals surface area contributed by atoms with Gasteiger partial charge in [0.15, 0.2) is 0 Å². The van der Waals surface area contributed by atoms with Crippen LogP contribution in [0.1, 0.15) is 0 Å². The smallest absolute Gasteiger partial charge is 0.0570 e. The van der Waals surface area contributed by atoms with E-state index in [1.165, 1.54) is 5.70 Å². The summed E-state index contributed by atoms with van der Waals surface area (Å²) in [6, 6.07) is 0. The lowest BCUT2D eigenvalue weighted by atomic mass is 10.6. The first-order chi connectivity index (χ1) is 3.34. The van der Waals surface area contributed by atoms with Crippen LogP contribution < -0.4 is 5.73 Å². The van der Waals surface area contributed by atoms with Crippen LogP contribution >= 0.6 is 0 Å². The first-order valence-electron chi connectivity index (χ1n) is 2.47. The fourth-order valence-corrected chi connectivity index (χ4v) is 0.578. The van der Waals surface area contributed by atoms with E-state index >= 15 is 0 Å². The molecule has 0 unspecified atom stereocenters. The Morgan fingerprint density at radius 2 is 2.43 bits per heavy atom. The van der Waals surface area contributed by atoms with E-state index in [0.717, 1.165) is 19.6 Å². The molecule has 1 rings (SSSR count). The third-order valence-corrected chi connectivity index (χ3v) is 1.12. The summed E-state index contributed by atoms with van der Waals surface area (Å²) in [7, 11) is 0. The Morgan fingerprint density at radius 1 is 1.86 bits per heavy atom. The van der Waals surface area contributed by atoms with Crippen molar-refractivity contribution in [2.75, 3.05) is 19.6 Å². The predicted octanol–water partition coefficient (Wildman–Crippen LogP) is -0.226. The average Bonchev–Trinajstić information content (AvgIpc) is 2.22. The minimum Gasteiger partial charge on any atom is -0.367 e. The molecule has 1 saturated heterocycles. The van der Waals surface area contributed by atoms with Crippen LogP contribution in [-0.4, -0.2) is 24.5 Å². The standard InChI is InChI=1S/C5H10N2/c1-5-4-7(5)3-2-6/h1-4,6H2. The molecule has 7 heavy (non-hydrogen) atoms. The van der Waals surface area contributed by atoms with E-state index in [1.54, 1.807) is 0 Å². The van der Waals surface area contributed by atoms with Gasteiger partial charge in [0.05, 0.1) is 6.54 Å². The van der Waals surface area contributed by atoms with Crippen molar-refractivity contribution >= 4 is 0 Å². The number of hydrogen-bond donors (Lipinski definition) is 1. The molecule has 2 heteroatoms. The molecular weight excluding hydrogens is 88.1 g/mol. The van der Waals surface area contributed by atoms with Gasteiger partial charge in [0.2, 0.25) is 0 Å². The number of rotatable bonds is 2. The van der Waals surface area contributed by atoms with Crippen molar-refractivity contribution in [3.05, 3.63) is 12.3 Å². The van der Waals surface area contributed by atoms with Crippen LogP contribution in [0.15, 0.2) is 12.3 Å². The molecule has 0 amide bonds. The van der Waals surface area contributed by atoms with Crippen LogP contribution in [0.25, 0.3) is 0 Å². The van der Waals surface area contributed by atoms with Gasteiger partial charge in [0, 0.05) is 18.8 Å². The highest BCUT2D eigenvalue weighted by molar-refractivity contribution is 5.12. The lowest BCUT2D eigenvalue weighted by molar-refractivity contribution is 0.593. The zero-order chi connectivity index (χ0) is 5.28. The summed E-state index contributed by atoms with van der Waals surface area (Å²) in [6.45, 7) is 6.54. The highest BCUT2D eigenvalue weighted by atomic mass is 15.3. The van der Waals surface area contributed by atoms with Crippen molar-refractivity contribution in [2.45, 2.75) is 0 Å². The Hall–Kier alpha value is -0.500. The van der Waals surface area contributed by atoms with Crippen molar-refractivity contribution < 1.29 is 0 Å². The van der Waals surface area contributed by atoms with Gasteiger partial charge in [-0.25, -0.2) is 0 Å². The highest BCUT2D eigenvalue weighted by Gasteiger charge is 2.19. The van der Waals surface area contributed by atoms with E-state index in [0.29, 0.717) is 0 Å². The monoisotopic (exact) mass is 98.1 g/mol. The molecule has 0 radical (unpaired) electrons. The van der Waals surface area contributed by atoms with Gasteiger partial charge in [-0.3, -0.25) is 0 Å². The molecule has 0 saturated carbocycles. The van der Waals surface area contributed by atoms with Gasteiger partial charge in [0.1, 0.15) is 0 Å². The van der Waals surface area contributed by atoms with Crippen molar-refractivity contribution in [2.24, 2.45) is 5.73 Å². The molecule has 0 atom stereocenters. The number of hydrogen-bond acceptors (Lipinski definition) is 2. The summed E-state index contributed by atoms with van der Waals surface area (Å²) in [4.78, 5) is 2.15. The maximum atomic E-state index is 5.25. The van der Waals surface area contributed by atoms with Crippen molar-refractivity contribution in [1.29, 1.82) is 0 Å². The molecule has 0 bridgehead atoms. The normalized spacial score (nSPS) is 17.9. The van der Waals surface area contributed by atoms with Gasteiger partial charge < -0.3 is 10.6 Å². The minimum absolute atomic E-state index is 0.749. The van der Waals surface area contributed by atoms with Gasteiger partial charge in [-0.15, -0.1) is 0 Å². The second-order valence-electron chi connectivity index (χ2n) is 1.78. The van der Waals surface area contributed by atoms with Crippen LogP contribution in [-0.2, 0) is 0 Å². The van der Waals surface area contributed by atoms with Crippen molar-refractivity contribution in [1.82, 2.24) is 4.90 Å². The fourth-order valence-electron chi connectivity index (χ4n) is 0.578. The van der Waals surface area contributed by atoms with E-state index < -0.39 is 0 Å². The maximum Gasteiger partial charge on any atom is 0.0570 e. The van der Waals surface area contributed by atoms with Crippen LogP contribution in [0, 0.1) is 0 Å². The van der Waals surface area contributed by atoms with E-state index in [4.69, 9.17) is 5.73 Å². The largest absolute Gasteiger partial charge is 0.367 e. The Bertz CT molecular complexity index is 88.1. The Balaban J connectivity index is 2.09. The average molecular weight is 98.1 g/mol. The molecule has 0 aromatic heterocycles. The summed E-state index contributed by atoms with van der Waals surface area (Å²) in [5.74, 6) is 0. The van der Waals surface area contributed by atoms with Gasteiger partial charge >= 0.3 is 0 Å². The molecule has 1 aliphatic heterocycles. The Labute approximate surface area is 43.6 Å². The Kier molecular flexibility index (Phi) is 1.02. The van der Waals surface area contributed by atoms with E-state index in [2.05, 4.69) is 11.5 Å². The zero-order valence-corrected chi connectivity index (χ0v) is 4.35. The second-order valence-corrected chi connectivity index (χ2v) is 1.78. The van der Waals surface area contributed by atoms with E-state index in [1.807, 2.05) is 0 Å². The summed E-state index contributed by atoms with van der Waals surface area (Å²) in [6.07, 6.45) is 0. The molecule has 40 valence electrons. The molecule has 0 aromatic rings. The summed E-state index contributed by atoms with van der Waals surface area (Å²) in [5.41, 5.74) is 6.48. The quantitative estimate of drug-likeness (QED) is 0.483. The summed E-state index contributed by atoms with van der Waals surface area (Å²) < 4.78 is 0. The summed E-state index contributed by atoms with van der Waals surface area (Å²) in [5, 5.41) is 0. The van der Waals surface area contributed by atoms with E-state index in [-0.39, 0.29) is 0 Å². The second kappa shape index (κ2) is 1.54. The lowest BCUT2D eigenvalue weighted by Gasteiger charge is -1.92. The Morgan fingerprint density at radius 3 is 2.57 bits per heavy atom. The molecule has 2 N–H and O–H groups in total. The maximum absolute atomic E-state index is 5.25. The molecule has 1 heterocycles. The molecular formula is C5H10N2. The third kappa shape index (κ3) is 0.933. The first-order valence-corrected chi connectivity index (χ1v) is 2.47. The highest BCUT2D eigenvalue weighted by Crippen LogP contribution is 2.16. The van der Waals surface area contributed by atoms with Gasteiger partial charge in [-0.2, -0.15) is 0 Å². The zero-order valence-electron chi connectivity index (χ0n) is 4.35. The van der Waals surface area contributed by atoms with Crippen LogP contribution in [0.2, 0.25) is 0 Å². The summed E-state index contributed by atoms with van der Waals surface area (Å²) >= 11 is 0. The van der Waals surface area contributed by atoms with E-state index in [9.17, 15) is 0 Å². The molecule has 1 aliphatic rings. The van der Waals surface area contributed by atoms with Gasteiger partial charge in [-0.05, 0) is 0 Å². The lowest BCUT2D eigenvalue weighted by Crippen LogP contribution is -2.11. The molecule has 1 fully saturated rings. The van der Waals surface area contributed by atoms with Crippen molar-refractivity contribution in [3.8, 4) is 0 Å². The molecule has 0 spiro atoms. The third-order valence-electron chi connectivity index (χ3n) is 1.12. The topological polar surface area (TPSA) is 29.0 Å². The minimum atomic E-state index is 0.749. The van der Waals surface area contributed by atoms with Crippen LogP contribution in [0.4, 0.5) is 0 Å². The van der Waals surface area contributed by atoms with Crippen LogP contribution in [0.5, 0.6) is 0 Å².